The SMILES string of the molecule is CC1CCN(c2nccc3occc23)CC1O. The van der Waals surface area contributed by atoms with Gasteiger partial charge >= 0.3 is 0 Å². The van der Waals surface area contributed by atoms with Gasteiger partial charge in [0.05, 0.1) is 17.8 Å². The fraction of sp³-hybridized carbons (Fsp3) is 0.462. The summed E-state index contributed by atoms with van der Waals surface area (Å²) in [6, 6.07) is 3.80. The molecule has 2 aromatic heterocycles. The number of fused-ring (bicyclic) bond motifs is 1. The number of aromatic nitrogens is 1. The highest BCUT2D eigenvalue weighted by Crippen LogP contribution is 2.28. The van der Waals surface area contributed by atoms with Gasteiger partial charge in [0.1, 0.15) is 11.4 Å². The van der Waals surface area contributed by atoms with Crippen LogP contribution in [0.5, 0.6) is 0 Å². The standard InChI is InChI=1S/C13H16N2O2/c1-9-3-6-15(8-11(9)16)13-10-4-7-17-12(10)2-5-14-13/h2,4-5,7,9,11,16H,3,6,8H2,1H3. The fourth-order valence-corrected chi connectivity index (χ4v) is 2.37. The molecule has 1 aliphatic rings. The number of rotatable bonds is 1. The second-order valence-corrected chi connectivity index (χ2v) is 4.75. The van der Waals surface area contributed by atoms with Gasteiger partial charge in [-0.2, -0.15) is 0 Å². The van der Waals surface area contributed by atoms with Gasteiger partial charge in [-0.05, 0) is 24.5 Å². The van der Waals surface area contributed by atoms with Crippen molar-refractivity contribution in [3.63, 3.8) is 0 Å². The third-order valence-electron chi connectivity index (χ3n) is 3.58. The van der Waals surface area contributed by atoms with Crippen LogP contribution in [0.1, 0.15) is 13.3 Å². The lowest BCUT2D eigenvalue weighted by Gasteiger charge is -2.35. The number of pyridine rings is 1. The summed E-state index contributed by atoms with van der Waals surface area (Å²) in [5.74, 6) is 1.29. The second-order valence-electron chi connectivity index (χ2n) is 4.75. The van der Waals surface area contributed by atoms with Gasteiger partial charge in [-0.1, -0.05) is 6.92 Å². The van der Waals surface area contributed by atoms with E-state index in [1.165, 1.54) is 0 Å². The van der Waals surface area contributed by atoms with Gasteiger partial charge in [0.15, 0.2) is 0 Å². The van der Waals surface area contributed by atoms with Crippen LogP contribution in [-0.4, -0.2) is 29.3 Å². The molecule has 1 aliphatic heterocycles. The zero-order chi connectivity index (χ0) is 11.8. The second kappa shape index (κ2) is 4.04. The summed E-state index contributed by atoms with van der Waals surface area (Å²) in [5.41, 5.74) is 0.850. The number of aliphatic hydroxyl groups excluding tert-OH is 1. The summed E-state index contributed by atoms with van der Waals surface area (Å²) in [4.78, 5) is 6.56. The highest BCUT2D eigenvalue weighted by atomic mass is 16.3. The molecule has 2 unspecified atom stereocenters. The first-order valence-electron chi connectivity index (χ1n) is 6.01. The number of nitrogens with zero attached hydrogens (tertiary/aromatic N) is 2. The van der Waals surface area contributed by atoms with Crippen molar-refractivity contribution in [2.24, 2.45) is 5.92 Å². The number of hydrogen-bond acceptors (Lipinski definition) is 4. The number of β-amino-alcohol motifs (C(OH)–C–C–N with tert-alkyl or cyclic N) is 1. The van der Waals surface area contributed by atoms with Crippen LogP contribution in [0.2, 0.25) is 0 Å². The molecule has 2 aromatic rings. The maximum absolute atomic E-state index is 9.94. The van der Waals surface area contributed by atoms with Crippen LogP contribution in [-0.2, 0) is 0 Å². The van der Waals surface area contributed by atoms with E-state index < -0.39 is 0 Å². The smallest absolute Gasteiger partial charge is 0.139 e. The number of aliphatic hydroxyl groups is 1. The molecule has 1 saturated heterocycles. The van der Waals surface area contributed by atoms with E-state index in [1.807, 2.05) is 12.1 Å². The Morgan fingerprint density at radius 3 is 3.18 bits per heavy atom. The third-order valence-corrected chi connectivity index (χ3v) is 3.58. The molecule has 0 aliphatic carbocycles. The van der Waals surface area contributed by atoms with E-state index in [4.69, 9.17) is 4.42 Å². The minimum atomic E-state index is -0.271. The zero-order valence-corrected chi connectivity index (χ0v) is 9.84. The van der Waals surface area contributed by atoms with Crippen LogP contribution in [0.3, 0.4) is 0 Å². The summed E-state index contributed by atoms with van der Waals surface area (Å²) < 4.78 is 5.37. The average molecular weight is 232 g/mol. The van der Waals surface area contributed by atoms with Gasteiger partial charge in [0.25, 0.3) is 0 Å². The monoisotopic (exact) mass is 232 g/mol. The van der Waals surface area contributed by atoms with Gasteiger partial charge in [-0.3, -0.25) is 0 Å². The van der Waals surface area contributed by atoms with Crippen LogP contribution >= 0.6 is 0 Å². The molecule has 2 atom stereocenters. The quantitative estimate of drug-likeness (QED) is 0.817. The van der Waals surface area contributed by atoms with Crippen LogP contribution in [0.4, 0.5) is 5.82 Å². The highest BCUT2D eigenvalue weighted by Gasteiger charge is 2.26. The molecule has 1 N–H and O–H groups in total. The highest BCUT2D eigenvalue weighted by molar-refractivity contribution is 5.88. The Morgan fingerprint density at radius 2 is 2.35 bits per heavy atom. The fourth-order valence-electron chi connectivity index (χ4n) is 2.37. The Kier molecular flexibility index (Phi) is 2.52. The van der Waals surface area contributed by atoms with E-state index in [1.54, 1.807) is 12.5 Å². The molecule has 0 radical (unpaired) electrons. The molecule has 3 rings (SSSR count). The van der Waals surface area contributed by atoms with Gasteiger partial charge in [-0.15, -0.1) is 0 Å². The molecular weight excluding hydrogens is 216 g/mol. The molecule has 0 aromatic carbocycles. The van der Waals surface area contributed by atoms with E-state index in [0.717, 1.165) is 29.8 Å². The van der Waals surface area contributed by atoms with Crippen molar-refractivity contribution in [2.45, 2.75) is 19.4 Å². The average Bonchev–Trinajstić information content (AvgIpc) is 2.80. The van der Waals surface area contributed by atoms with Crippen molar-refractivity contribution in [2.75, 3.05) is 18.0 Å². The Bertz CT molecular complexity index is 523. The lowest BCUT2D eigenvalue weighted by atomic mass is 9.96. The van der Waals surface area contributed by atoms with Crippen molar-refractivity contribution in [1.82, 2.24) is 4.98 Å². The molecule has 3 heterocycles. The van der Waals surface area contributed by atoms with Crippen molar-refractivity contribution >= 4 is 16.8 Å². The van der Waals surface area contributed by atoms with Crippen molar-refractivity contribution in [3.8, 4) is 0 Å². The van der Waals surface area contributed by atoms with E-state index in [2.05, 4.69) is 16.8 Å². The Hall–Kier alpha value is -1.55. The predicted molar refractivity (Wildman–Crippen MR) is 66.0 cm³/mol. The Labute approximate surface area is 99.9 Å². The molecule has 4 nitrogen and oxygen atoms in total. The van der Waals surface area contributed by atoms with Crippen molar-refractivity contribution < 1.29 is 9.52 Å². The number of furan rings is 1. The molecule has 0 spiro atoms. The van der Waals surface area contributed by atoms with E-state index in [-0.39, 0.29) is 6.10 Å². The molecule has 17 heavy (non-hydrogen) atoms. The van der Waals surface area contributed by atoms with Crippen LogP contribution < -0.4 is 4.90 Å². The maximum atomic E-state index is 9.94. The van der Waals surface area contributed by atoms with Gasteiger partial charge in [-0.25, -0.2) is 4.98 Å². The summed E-state index contributed by atoms with van der Waals surface area (Å²) >= 11 is 0. The summed E-state index contributed by atoms with van der Waals surface area (Å²) in [7, 11) is 0. The van der Waals surface area contributed by atoms with E-state index in [0.29, 0.717) is 12.5 Å². The third kappa shape index (κ3) is 1.78. The van der Waals surface area contributed by atoms with E-state index >= 15 is 0 Å². The first-order chi connectivity index (χ1) is 8.25. The predicted octanol–water partition coefficient (Wildman–Crippen LogP) is 2.03. The molecule has 90 valence electrons. The minimum Gasteiger partial charge on any atom is -0.464 e. The molecule has 1 fully saturated rings. The number of piperidine rings is 1. The lowest BCUT2D eigenvalue weighted by Crippen LogP contribution is -2.43. The summed E-state index contributed by atoms with van der Waals surface area (Å²) in [5, 5.41) is 11.0. The normalized spacial score (nSPS) is 25.4. The van der Waals surface area contributed by atoms with Gasteiger partial charge in [0, 0.05) is 19.3 Å². The maximum Gasteiger partial charge on any atom is 0.139 e. The topological polar surface area (TPSA) is 49.5 Å². The molecule has 4 heteroatoms. The van der Waals surface area contributed by atoms with Crippen LogP contribution in [0.15, 0.2) is 29.0 Å². The Morgan fingerprint density at radius 1 is 1.47 bits per heavy atom. The number of hydrogen-bond donors (Lipinski definition) is 1. The molecule has 0 saturated carbocycles. The molecule has 0 amide bonds. The Balaban J connectivity index is 1.96. The van der Waals surface area contributed by atoms with Crippen molar-refractivity contribution in [1.29, 1.82) is 0 Å². The van der Waals surface area contributed by atoms with Crippen LogP contribution in [0.25, 0.3) is 11.0 Å². The zero-order valence-electron chi connectivity index (χ0n) is 9.84. The summed E-state index contributed by atoms with van der Waals surface area (Å²) in [6.07, 6.45) is 4.16. The first kappa shape index (κ1) is 10.6. The number of anilines is 1. The van der Waals surface area contributed by atoms with Gasteiger partial charge < -0.3 is 14.4 Å². The largest absolute Gasteiger partial charge is 0.464 e. The van der Waals surface area contributed by atoms with Gasteiger partial charge in [0.2, 0.25) is 0 Å². The van der Waals surface area contributed by atoms with E-state index in [9.17, 15) is 5.11 Å². The van der Waals surface area contributed by atoms with Crippen molar-refractivity contribution in [3.05, 3.63) is 24.6 Å². The lowest BCUT2D eigenvalue weighted by molar-refractivity contribution is 0.103. The van der Waals surface area contributed by atoms with Crippen LogP contribution in [0, 0.1) is 5.92 Å². The minimum absolute atomic E-state index is 0.271. The molecule has 0 bridgehead atoms. The molecular formula is C13H16N2O2. The summed E-state index contributed by atoms with van der Waals surface area (Å²) in [6.45, 7) is 3.68. The first-order valence-corrected chi connectivity index (χ1v) is 6.01.